The maximum atomic E-state index is 11.7. The second kappa shape index (κ2) is 5.07. The second-order valence-electron chi connectivity index (χ2n) is 5.92. The van der Waals surface area contributed by atoms with E-state index in [1.165, 1.54) is 6.07 Å². The summed E-state index contributed by atoms with van der Waals surface area (Å²) in [5.41, 5.74) is 1.49. The van der Waals surface area contributed by atoms with Gasteiger partial charge in [-0.2, -0.15) is 4.98 Å². The van der Waals surface area contributed by atoms with Crippen molar-refractivity contribution in [2.75, 3.05) is 0 Å². The van der Waals surface area contributed by atoms with Crippen LogP contribution in [0.2, 0.25) is 0 Å². The molecule has 4 rings (SSSR count). The number of ether oxygens (including phenoxy) is 1. The number of aromatic nitrogens is 4. The van der Waals surface area contributed by atoms with Crippen LogP contribution in [0.25, 0.3) is 28.6 Å². The average Bonchev–Trinajstić information content (AvgIpc) is 3.00. The Morgan fingerprint density at radius 3 is 3.04 bits per heavy atom. The van der Waals surface area contributed by atoms with Gasteiger partial charge in [0, 0.05) is 24.1 Å². The van der Waals surface area contributed by atoms with Gasteiger partial charge in [-0.05, 0) is 12.5 Å². The highest BCUT2D eigenvalue weighted by atomic mass is 16.5. The van der Waals surface area contributed by atoms with Crippen LogP contribution in [-0.2, 0) is 4.74 Å². The van der Waals surface area contributed by atoms with Crippen molar-refractivity contribution in [1.82, 2.24) is 19.5 Å². The highest BCUT2D eigenvalue weighted by molar-refractivity contribution is 6.04. The molecule has 0 spiro atoms. The molecule has 0 aromatic carbocycles. The smallest absolute Gasteiger partial charge is 0.271 e. The maximum absolute atomic E-state index is 11.7. The Labute approximate surface area is 131 Å². The largest absolute Gasteiger partial charge is 0.390 e. The molecule has 0 radical (unpaired) electrons. The van der Waals surface area contributed by atoms with Crippen molar-refractivity contribution < 1.29 is 9.84 Å². The van der Waals surface area contributed by atoms with Gasteiger partial charge < -0.3 is 24.4 Å². The van der Waals surface area contributed by atoms with Crippen LogP contribution in [0.5, 0.6) is 0 Å². The van der Waals surface area contributed by atoms with Crippen molar-refractivity contribution in [2.24, 2.45) is 0 Å². The first-order valence-corrected chi connectivity index (χ1v) is 7.69. The molecular formula is C16H18N4O3. The van der Waals surface area contributed by atoms with Gasteiger partial charge in [0.25, 0.3) is 5.56 Å². The number of aliphatic hydroxyl groups excluding tert-OH is 1. The van der Waals surface area contributed by atoms with Gasteiger partial charge in [0.2, 0.25) is 0 Å². The van der Waals surface area contributed by atoms with Crippen LogP contribution in [0, 0.1) is 0 Å². The van der Waals surface area contributed by atoms with E-state index in [9.17, 15) is 9.90 Å². The first kappa shape index (κ1) is 14.2. The summed E-state index contributed by atoms with van der Waals surface area (Å²) in [6.07, 6.45) is 2.30. The standard InChI is InChI=1S/C16H18N4O3/c1-3-11-10(21)6-13(23-11)20-7-9-4-5-12(22)19-15-14(9)16(20)18-8(2)17-15/h4-5,7,10-11,13,18,21H,2-3,6H2,1H3,(H,17,19,22)/t10-,11-,13-/m1/s1. The van der Waals surface area contributed by atoms with Crippen LogP contribution in [0.15, 0.2) is 23.1 Å². The molecule has 1 saturated heterocycles. The van der Waals surface area contributed by atoms with Crippen LogP contribution in [0.3, 0.4) is 0 Å². The number of nitrogens with zero attached hydrogens (tertiary/aromatic N) is 2. The Bertz CT molecular complexity index is 1000. The van der Waals surface area contributed by atoms with Gasteiger partial charge >= 0.3 is 0 Å². The lowest BCUT2D eigenvalue weighted by Crippen LogP contribution is -2.19. The molecule has 3 aromatic heterocycles. The highest BCUT2D eigenvalue weighted by Gasteiger charge is 2.34. The zero-order valence-electron chi connectivity index (χ0n) is 12.7. The normalized spacial score (nSPS) is 24.7. The van der Waals surface area contributed by atoms with Gasteiger partial charge in [-0.15, -0.1) is 0 Å². The van der Waals surface area contributed by atoms with Crippen molar-refractivity contribution in [3.05, 3.63) is 34.2 Å². The number of hydrogen-bond acceptors (Lipinski definition) is 4. The molecule has 3 atom stereocenters. The second-order valence-corrected chi connectivity index (χ2v) is 5.92. The van der Waals surface area contributed by atoms with Crippen LogP contribution in [0.1, 0.15) is 26.0 Å². The Morgan fingerprint density at radius 2 is 2.30 bits per heavy atom. The van der Waals surface area contributed by atoms with E-state index in [0.717, 1.165) is 22.8 Å². The molecule has 0 aliphatic carbocycles. The summed E-state index contributed by atoms with van der Waals surface area (Å²) < 4.78 is 7.92. The van der Waals surface area contributed by atoms with E-state index in [-0.39, 0.29) is 17.9 Å². The molecule has 7 heteroatoms. The van der Waals surface area contributed by atoms with Crippen LogP contribution < -0.4 is 11.0 Å². The molecule has 23 heavy (non-hydrogen) atoms. The SMILES string of the molecule is C=c1[nH]c2nc(=O)ccc3cn([C@H]4C[C@@H](O)[C@@H](CC)O4)c([nH]1)c32. The third-order valence-electron chi connectivity index (χ3n) is 4.38. The molecule has 1 fully saturated rings. The van der Waals surface area contributed by atoms with Crippen molar-refractivity contribution in [3.63, 3.8) is 0 Å². The van der Waals surface area contributed by atoms with Crippen LogP contribution >= 0.6 is 0 Å². The fourth-order valence-corrected chi connectivity index (χ4v) is 3.30. The minimum atomic E-state index is -0.477. The summed E-state index contributed by atoms with van der Waals surface area (Å²) in [5, 5.41) is 11.8. The number of H-pyrrole nitrogens is 2. The molecule has 4 heterocycles. The van der Waals surface area contributed by atoms with Crippen LogP contribution in [0.4, 0.5) is 0 Å². The molecule has 0 saturated carbocycles. The lowest BCUT2D eigenvalue weighted by molar-refractivity contribution is -0.0180. The number of hydrogen-bond donors (Lipinski definition) is 3. The summed E-state index contributed by atoms with van der Waals surface area (Å²) in [7, 11) is 0. The lowest BCUT2D eigenvalue weighted by Gasteiger charge is -2.15. The van der Waals surface area contributed by atoms with Gasteiger partial charge in [-0.1, -0.05) is 13.5 Å². The Hall–Kier alpha value is -2.38. The molecule has 1 aliphatic rings. The predicted molar refractivity (Wildman–Crippen MR) is 86.6 cm³/mol. The summed E-state index contributed by atoms with van der Waals surface area (Å²) in [6, 6.07) is 3.18. The van der Waals surface area contributed by atoms with E-state index >= 15 is 0 Å². The zero-order chi connectivity index (χ0) is 16.1. The predicted octanol–water partition coefficient (Wildman–Crippen LogP) is 0.956. The molecule has 0 unspecified atom stereocenters. The zero-order valence-corrected chi connectivity index (χ0v) is 12.7. The van der Waals surface area contributed by atoms with Gasteiger partial charge in [0.05, 0.1) is 17.6 Å². The molecule has 120 valence electrons. The minimum Gasteiger partial charge on any atom is -0.390 e. The van der Waals surface area contributed by atoms with E-state index in [0.29, 0.717) is 17.5 Å². The number of rotatable bonds is 2. The number of nitrogens with one attached hydrogen (secondary N) is 2. The van der Waals surface area contributed by atoms with E-state index in [1.54, 1.807) is 6.07 Å². The lowest BCUT2D eigenvalue weighted by atomic mass is 10.1. The first-order chi connectivity index (χ1) is 11.1. The number of aromatic amines is 2. The summed E-state index contributed by atoms with van der Waals surface area (Å²) >= 11 is 0. The molecule has 3 aromatic rings. The van der Waals surface area contributed by atoms with Crippen molar-refractivity contribution in [1.29, 1.82) is 0 Å². The molecule has 1 aliphatic heterocycles. The molecule has 0 amide bonds. The number of aliphatic hydroxyl groups is 1. The third kappa shape index (κ3) is 2.20. The molecular weight excluding hydrogens is 296 g/mol. The van der Waals surface area contributed by atoms with Gasteiger partial charge in [-0.3, -0.25) is 4.79 Å². The average molecular weight is 314 g/mol. The van der Waals surface area contributed by atoms with Gasteiger partial charge in [-0.25, -0.2) is 0 Å². The minimum absolute atomic E-state index is 0.162. The van der Waals surface area contributed by atoms with E-state index in [2.05, 4.69) is 21.5 Å². The van der Waals surface area contributed by atoms with Gasteiger partial charge in [0.15, 0.2) is 0 Å². The van der Waals surface area contributed by atoms with Crippen molar-refractivity contribution in [3.8, 4) is 0 Å². The van der Waals surface area contributed by atoms with Crippen molar-refractivity contribution >= 4 is 28.6 Å². The first-order valence-electron chi connectivity index (χ1n) is 7.69. The summed E-state index contributed by atoms with van der Waals surface area (Å²) in [4.78, 5) is 21.9. The Kier molecular flexibility index (Phi) is 3.14. The summed E-state index contributed by atoms with van der Waals surface area (Å²) in [6.45, 7) is 5.87. The fourth-order valence-electron chi connectivity index (χ4n) is 3.30. The van der Waals surface area contributed by atoms with Crippen LogP contribution in [-0.4, -0.2) is 36.8 Å². The molecule has 0 bridgehead atoms. The van der Waals surface area contributed by atoms with Gasteiger partial charge in [0.1, 0.15) is 23.0 Å². The monoisotopic (exact) mass is 314 g/mol. The third-order valence-corrected chi connectivity index (χ3v) is 4.38. The Balaban J connectivity index is 1.98. The molecule has 7 nitrogen and oxygen atoms in total. The fraction of sp³-hybridized carbons (Fsp3) is 0.375. The van der Waals surface area contributed by atoms with Crippen molar-refractivity contribution in [2.45, 2.75) is 38.2 Å². The summed E-state index contributed by atoms with van der Waals surface area (Å²) in [5.74, 6) is 0. The van der Waals surface area contributed by atoms with E-state index in [1.807, 2.05) is 17.7 Å². The highest BCUT2D eigenvalue weighted by Crippen LogP contribution is 2.34. The molecule has 3 N–H and O–H groups in total. The Morgan fingerprint density at radius 1 is 1.48 bits per heavy atom. The topological polar surface area (TPSA) is 95.9 Å². The van der Waals surface area contributed by atoms with E-state index in [4.69, 9.17) is 4.74 Å². The van der Waals surface area contributed by atoms with E-state index < -0.39 is 6.10 Å². The maximum Gasteiger partial charge on any atom is 0.271 e. The quantitative estimate of drug-likeness (QED) is 0.656.